The number of H-pyrrole nitrogens is 2. The Balaban J connectivity index is 1.23. The fourth-order valence-corrected chi connectivity index (χ4v) is 5.44. The van der Waals surface area contributed by atoms with Crippen LogP contribution in [-0.4, -0.2) is 61.1 Å². The highest BCUT2D eigenvalue weighted by Gasteiger charge is 2.17. The van der Waals surface area contributed by atoms with Crippen molar-refractivity contribution in [1.82, 2.24) is 34.8 Å². The van der Waals surface area contributed by atoms with Gasteiger partial charge in [0.25, 0.3) is 0 Å². The van der Waals surface area contributed by atoms with Gasteiger partial charge in [-0.1, -0.05) is 12.1 Å². The van der Waals surface area contributed by atoms with Gasteiger partial charge in [0.1, 0.15) is 29.4 Å². The molecule has 0 unspecified atom stereocenters. The molecule has 7 rings (SSSR count). The summed E-state index contributed by atoms with van der Waals surface area (Å²) in [5.74, 6) is 0.226. The average molecular weight is 522 g/mol. The summed E-state index contributed by atoms with van der Waals surface area (Å²) in [5, 5.41) is 12.9. The Morgan fingerprint density at radius 2 is 1.90 bits per heavy atom. The largest absolute Gasteiger partial charge is 0.492 e. The number of aromatic nitrogens is 6. The monoisotopic (exact) mass is 521 g/mol. The van der Waals surface area contributed by atoms with Gasteiger partial charge in [0.2, 0.25) is 0 Å². The molecule has 39 heavy (non-hydrogen) atoms. The van der Waals surface area contributed by atoms with Crippen molar-refractivity contribution in [2.24, 2.45) is 7.05 Å². The zero-order valence-corrected chi connectivity index (χ0v) is 21.6. The number of likely N-dealkylation sites (tertiary alicyclic amines) is 1. The second kappa shape index (κ2) is 9.67. The van der Waals surface area contributed by atoms with Crippen molar-refractivity contribution >= 4 is 21.9 Å². The molecule has 4 aromatic heterocycles. The zero-order chi connectivity index (χ0) is 26.3. The molecule has 1 saturated heterocycles. The van der Waals surface area contributed by atoms with Crippen LogP contribution in [0.3, 0.4) is 0 Å². The molecule has 1 aliphatic heterocycles. The highest BCUT2D eigenvalue weighted by atomic mass is 19.1. The summed E-state index contributed by atoms with van der Waals surface area (Å²) in [6.07, 6.45) is 6.21. The van der Waals surface area contributed by atoms with Gasteiger partial charge in [-0.2, -0.15) is 10.2 Å². The Bertz CT molecular complexity index is 1790. The van der Waals surface area contributed by atoms with Crippen LogP contribution in [-0.2, 0) is 7.05 Å². The van der Waals surface area contributed by atoms with Crippen LogP contribution < -0.4 is 4.74 Å². The molecule has 8 nitrogen and oxygen atoms in total. The number of nitrogens with zero attached hydrogens (tertiary/aromatic N) is 5. The molecule has 9 heteroatoms. The lowest BCUT2D eigenvalue weighted by molar-refractivity contribution is 0.237. The van der Waals surface area contributed by atoms with Gasteiger partial charge < -0.3 is 9.72 Å². The van der Waals surface area contributed by atoms with Crippen LogP contribution in [0.2, 0.25) is 0 Å². The normalized spacial score (nSPS) is 14.1. The molecular formula is C30H28FN7O. The van der Waals surface area contributed by atoms with E-state index in [-0.39, 0.29) is 5.82 Å². The second-order valence-electron chi connectivity index (χ2n) is 10.1. The first-order valence-corrected chi connectivity index (χ1v) is 13.2. The number of rotatable bonds is 7. The zero-order valence-electron chi connectivity index (χ0n) is 21.6. The lowest BCUT2D eigenvalue weighted by atomic mass is 10.0. The highest BCUT2D eigenvalue weighted by Crippen LogP contribution is 2.35. The number of fused-ring (bicyclic) bond motifs is 2. The molecule has 0 saturated carbocycles. The number of aryl methyl sites for hydroxylation is 1. The number of hydrogen-bond donors (Lipinski definition) is 2. The summed E-state index contributed by atoms with van der Waals surface area (Å²) in [6, 6.07) is 16.9. The Morgan fingerprint density at radius 1 is 1.00 bits per heavy atom. The van der Waals surface area contributed by atoms with Crippen molar-refractivity contribution in [3.63, 3.8) is 0 Å². The van der Waals surface area contributed by atoms with E-state index in [2.05, 4.69) is 31.2 Å². The fraction of sp³-hybridized carbons (Fsp3) is 0.233. The van der Waals surface area contributed by atoms with Gasteiger partial charge in [-0.25, -0.2) is 9.37 Å². The summed E-state index contributed by atoms with van der Waals surface area (Å²) < 4.78 is 22.4. The minimum absolute atomic E-state index is 0.318. The molecule has 196 valence electrons. The number of halogens is 1. The molecular weight excluding hydrogens is 493 g/mol. The molecule has 0 spiro atoms. The van der Waals surface area contributed by atoms with Crippen LogP contribution in [0.5, 0.6) is 5.75 Å². The first kappa shape index (κ1) is 23.6. The van der Waals surface area contributed by atoms with Crippen molar-refractivity contribution in [2.45, 2.75) is 12.8 Å². The third-order valence-electron chi connectivity index (χ3n) is 7.38. The topological polar surface area (TPSA) is 87.7 Å². The lowest BCUT2D eigenvalue weighted by Gasteiger charge is -2.15. The van der Waals surface area contributed by atoms with Crippen LogP contribution in [0, 0.1) is 5.82 Å². The van der Waals surface area contributed by atoms with E-state index in [1.807, 2.05) is 49.6 Å². The molecule has 0 amide bonds. The van der Waals surface area contributed by atoms with Crippen molar-refractivity contribution in [3.8, 4) is 39.5 Å². The molecule has 2 aromatic carbocycles. The maximum Gasteiger partial charge on any atom is 0.135 e. The summed E-state index contributed by atoms with van der Waals surface area (Å²) in [6.45, 7) is 3.63. The van der Waals surface area contributed by atoms with Gasteiger partial charge in [-0.3, -0.25) is 14.7 Å². The summed E-state index contributed by atoms with van der Waals surface area (Å²) in [7, 11) is 1.88. The number of nitrogens with one attached hydrogen (secondary N) is 2. The Hall–Kier alpha value is -4.50. The standard InChI is InChI=1S/C30H28FN7O/c1-37-18-20(17-32-37)25-7-8-27-29(34-25)30(36-35-27)28-16-24-23(5-4-6-26(24)33-28)19-13-21(31)15-22(14-19)39-12-11-38-9-2-3-10-38/h4-8,13-18,33H,2-3,9-12H2,1H3,(H,35,36). The highest BCUT2D eigenvalue weighted by molar-refractivity contribution is 6.00. The third-order valence-corrected chi connectivity index (χ3v) is 7.38. The smallest absolute Gasteiger partial charge is 0.135 e. The number of aromatic amines is 2. The summed E-state index contributed by atoms with van der Waals surface area (Å²) >= 11 is 0. The van der Waals surface area contributed by atoms with Crippen molar-refractivity contribution in [1.29, 1.82) is 0 Å². The first-order chi connectivity index (χ1) is 19.1. The molecule has 0 bridgehead atoms. The number of ether oxygens (including phenoxy) is 1. The van der Waals surface area contributed by atoms with E-state index in [0.717, 1.165) is 75.3 Å². The van der Waals surface area contributed by atoms with Crippen molar-refractivity contribution < 1.29 is 9.13 Å². The Morgan fingerprint density at radius 3 is 2.74 bits per heavy atom. The third kappa shape index (κ3) is 4.55. The molecule has 6 aromatic rings. The fourth-order valence-electron chi connectivity index (χ4n) is 5.44. The molecule has 5 heterocycles. The molecule has 0 atom stereocenters. The first-order valence-electron chi connectivity index (χ1n) is 13.2. The number of hydrogen-bond acceptors (Lipinski definition) is 5. The molecule has 2 N–H and O–H groups in total. The number of benzene rings is 2. The van der Waals surface area contributed by atoms with E-state index < -0.39 is 0 Å². The predicted molar refractivity (Wildman–Crippen MR) is 150 cm³/mol. The van der Waals surface area contributed by atoms with Crippen LogP contribution >= 0.6 is 0 Å². The lowest BCUT2D eigenvalue weighted by Crippen LogP contribution is -2.25. The van der Waals surface area contributed by atoms with Crippen molar-refractivity contribution in [2.75, 3.05) is 26.2 Å². The van der Waals surface area contributed by atoms with Crippen molar-refractivity contribution in [3.05, 3.63) is 72.8 Å². The maximum atomic E-state index is 14.7. The Kier molecular flexibility index (Phi) is 5.85. The van der Waals surface area contributed by atoms with E-state index in [4.69, 9.17) is 9.72 Å². The second-order valence-corrected chi connectivity index (χ2v) is 10.1. The van der Waals surface area contributed by atoms with Gasteiger partial charge in [-0.05, 0) is 73.5 Å². The van der Waals surface area contributed by atoms with Gasteiger partial charge in [0.05, 0.1) is 23.1 Å². The van der Waals surface area contributed by atoms with Gasteiger partial charge >= 0.3 is 0 Å². The summed E-state index contributed by atoms with van der Waals surface area (Å²) in [5.41, 5.74) is 7.56. The number of pyridine rings is 1. The quantitative estimate of drug-likeness (QED) is 0.278. The Labute approximate surface area is 224 Å². The van der Waals surface area contributed by atoms with Crippen LogP contribution in [0.25, 0.3) is 55.7 Å². The van der Waals surface area contributed by atoms with Crippen LogP contribution in [0.15, 0.2) is 67.0 Å². The molecule has 0 radical (unpaired) electrons. The van der Waals surface area contributed by atoms with E-state index in [0.29, 0.717) is 12.4 Å². The minimum atomic E-state index is -0.318. The van der Waals surface area contributed by atoms with Gasteiger partial charge in [0.15, 0.2) is 0 Å². The molecule has 1 fully saturated rings. The van der Waals surface area contributed by atoms with E-state index >= 15 is 0 Å². The maximum absolute atomic E-state index is 14.7. The van der Waals surface area contributed by atoms with E-state index in [9.17, 15) is 4.39 Å². The van der Waals surface area contributed by atoms with Crippen LogP contribution in [0.1, 0.15) is 12.8 Å². The van der Waals surface area contributed by atoms with E-state index in [1.54, 1.807) is 16.9 Å². The molecule has 0 aliphatic carbocycles. The minimum Gasteiger partial charge on any atom is -0.492 e. The SMILES string of the molecule is Cn1cc(-c2ccc3[nH]nc(-c4cc5c(-c6cc(F)cc(OCCN7CCCC7)c6)cccc5[nH]4)c3n2)cn1. The van der Waals surface area contributed by atoms with Gasteiger partial charge in [0, 0.05) is 42.3 Å². The molecule has 1 aliphatic rings. The van der Waals surface area contributed by atoms with Gasteiger partial charge in [-0.15, -0.1) is 0 Å². The van der Waals surface area contributed by atoms with Crippen LogP contribution in [0.4, 0.5) is 4.39 Å². The summed E-state index contributed by atoms with van der Waals surface area (Å²) in [4.78, 5) is 10.8. The predicted octanol–water partition coefficient (Wildman–Crippen LogP) is 5.79. The van der Waals surface area contributed by atoms with E-state index in [1.165, 1.54) is 18.9 Å². The average Bonchev–Trinajstić information content (AvgIpc) is 3.74.